The molecule has 0 aliphatic heterocycles. The molecule has 2 rings (SSSR count). The number of fused-ring (bicyclic) bond motifs is 1. The van der Waals surface area contributed by atoms with Crippen molar-refractivity contribution in [3.63, 3.8) is 0 Å². The summed E-state index contributed by atoms with van der Waals surface area (Å²) in [5, 5.41) is 6.34. The molecule has 0 unspecified atom stereocenters. The summed E-state index contributed by atoms with van der Waals surface area (Å²) in [5.41, 5.74) is 1.41. The smallest absolute Gasteiger partial charge is 0.287 e. The van der Waals surface area contributed by atoms with Crippen LogP contribution in [-0.4, -0.2) is 32.0 Å². The summed E-state index contributed by atoms with van der Waals surface area (Å²) in [6.45, 7) is 6.20. The number of ether oxygens (including phenoxy) is 1. The Bertz CT molecular complexity index is 719. The van der Waals surface area contributed by atoms with Gasteiger partial charge in [0.05, 0.1) is 7.11 Å². The number of carbonyl (C=O) groups is 2. The van der Waals surface area contributed by atoms with Crippen LogP contribution in [0.5, 0.6) is 5.75 Å². The summed E-state index contributed by atoms with van der Waals surface area (Å²) >= 11 is 0. The lowest BCUT2D eigenvalue weighted by molar-refractivity contribution is -0.123. The molecule has 1 aromatic carbocycles. The van der Waals surface area contributed by atoms with Crippen molar-refractivity contribution in [1.82, 2.24) is 10.6 Å². The van der Waals surface area contributed by atoms with Crippen molar-refractivity contribution in [2.24, 2.45) is 5.92 Å². The molecule has 0 bridgehead atoms. The molecule has 1 aromatic heterocycles. The minimum Gasteiger partial charge on any atom is -0.497 e. The summed E-state index contributed by atoms with van der Waals surface area (Å²) in [5.74, 6) is 0.592. The molecule has 124 valence electrons. The Morgan fingerprint density at radius 2 is 1.91 bits per heavy atom. The van der Waals surface area contributed by atoms with Crippen molar-refractivity contribution >= 4 is 22.8 Å². The number of benzene rings is 1. The van der Waals surface area contributed by atoms with Crippen molar-refractivity contribution in [2.45, 2.75) is 20.8 Å². The third-order valence-corrected chi connectivity index (χ3v) is 3.58. The van der Waals surface area contributed by atoms with Crippen LogP contribution in [0.25, 0.3) is 11.0 Å². The zero-order valence-electron chi connectivity index (χ0n) is 13.9. The van der Waals surface area contributed by atoms with Crippen molar-refractivity contribution in [2.75, 3.05) is 20.2 Å². The van der Waals surface area contributed by atoms with E-state index in [0.717, 1.165) is 10.9 Å². The SMILES string of the molecule is COc1ccc2oc(C(=O)NCCNC(=O)C(C)C)c(C)c2c1. The summed E-state index contributed by atoms with van der Waals surface area (Å²) in [6, 6.07) is 5.41. The van der Waals surface area contributed by atoms with E-state index in [1.807, 2.05) is 26.8 Å². The predicted molar refractivity (Wildman–Crippen MR) is 87.7 cm³/mol. The van der Waals surface area contributed by atoms with Crippen LogP contribution in [0.3, 0.4) is 0 Å². The minimum atomic E-state index is -0.295. The Hall–Kier alpha value is -2.50. The Morgan fingerprint density at radius 1 is 1.22 bits per heavy atom. The maximum Gasteiger partial charge on any atom is 0.287 e. The van der Waals surface area contributed by atoms with E-state index in [-0.39, 0.29) is 23.5 Å². The minimum absolute atomic E-state index is 0.0359. The lowest BCUT2D eigenvalue weighted by atomic mass is 10.1. The Morgan fingerprint density at radius 3 is 2.57 bits per heavy atom. The van der Waals surface area contributed by atoms with Gasteiger partial charge in [-0.1, -0.05) is 13.8 Å². The second kappa shape index (κ2) is 7.17. The highest BCUT2D eigenvalue weighted by Crippen LogP contribution is 2.28. The van der Waals surface area contributed by atoms with Crippen molar-refractivity contribution < 1.29 is 18.7 Å². The van der Waals surface area contributed by atoms with Crippen molar-refractivity contribution in [3.05, 3.63) is 29.5 Å². The average molecular weight is 318 g/mol. The number of amides is 2. The molecule has 0 aliphatic carbocycles. The Labute approximate surface area is 135 Å². The third-order valence-electron chi connectivity index (χ3n) is 3.58. The first-order valence-corrected chi connectivity index (χ1v) is 7.57. The lowest BCUT2D eigenvalue weighted by Crippen LogP contribution is -2.36. The molecule has 0 radical (unpaired) electrons. The zero-order valence-corrected chi connectivity index (χ0v) is 13.9. The van der Waals surface area contributed by atoms with Crippen LogP contribution < -0.4 is 15.4 Å². The summed E-state index contributed by atoms with van der Waals surface area (Å²) in [4.78, 5) is 23.7. The van der Waals surface area contributed by atoms with Crippen LogP contribution in [0.2, 0.25) is 0 Å². The van der Waals surface area contributed by atoms with Gasteiger partial charge in [0.25, 0.3) is 5.91 Å². The topological polar surface area (TPSA) is 80.6 Å². The van der Waals surface area contributed by atoms with Gasteiger partial charge in [0.15, 0.2) is 5.76 Å². The van der Waals surface area contributed by atoms with Gasteiger partial charge in [-0.25, -0.2) is 0 Å². The molecule has 0 fully saturated rings. The molecule has 23 heavy (non-hydrogen) atoms. The number of hydrogen-bond donors (Lipinski definition) is 2. The molecule has 2 aromatic rings. The van der Waals surface area contributed by atoms with E-state index in [2.05, 4.69) is 10.6 Å². The monoisotopic (exact) mass is 318 g/mol. The third kappa shape index (κ3) is 3.83. The highest BCUT2D eigenvalue weighted by Gasteiger charge is 2.17. The number of hydrogen-bond acceptors (Lipinski definition) is 4. The Balaban J connectivity index is 2.01. The molecule has 6 heteroatoms. The van der Waals surface area contributed by atoms with Gasteiger partial charge in [-0.3, -0.25) is 9.59 Å². The standard InChI is InChI=1S/C17H22N2O4/c1-10(2)16(20)18-7-8-19-17(21)15-11(3)13-9-12(22-4)5-6-14(13)23-15/h5-6,9-10H,7-8H2,1-4H3,(H,18,20)(H,19,21). The normalized spacial score (nSPS) is 10.8. The predicted octanol–water partition coefficient (Wildman–Crippen LogP) is 2.25. The number of rotatable bonds is 6. The maximum absolute atomic E-state index is 12.2. The summed E-state index contributed by atoms with van der Waals surface area (Å²) in [6.07, 6.45) is 0. The lowest BCUT2D eigenvalue weighted by Gasteiger charge is -2.08. The van der Waals surface area contributed by atoms with Crippen LogP contribution in [0.15, 0.2) is 22.6 Å². The number of aryl methyl sites for hydroxylation is 1. The number of furan rings is 1. The van der Waals surface area contributed by atoms with Crippen LogP contribution >= 0.6 is 0 Å². The summed E-state index contributed by atoms with van der Waals surface area (Å²) in [7, 11) is 1.59. The van der Waals surface area contributed by atoms with Gasteiger partial charge in [0.2, 0.25) is 5.91 Å². The second-order valence-corrected chi connectivity index (χ2v) is 5.62. The number of carbonyl (C=O) groups excluding carboxylic acids is 2. The molecule has 2 N–H and O–H groups in total. The molecule has 0 aliphatic rings. The molecule has 6 nitrogen and oxygen atoms in total. The Kier molecular flexibility index (Phi) is 5.26. The first-order valence-electron chi connectivity index (χ1n) is 7.57. The van der Waals surface area contributed by atoms with Gasteiger partial charge < -0.3 is 19.8 Å². The quantitative estimate of drug-likeness (QED) is 0.801. The van der Waals surface area contributed by atoms with Gasteiger partial charge in [-0.15, -0.1) is 0 Å². The van der Waals surface area contributed by atoms with Crippen molar-refractivity contribution in [3.8, 4) is 5.75 Å². The highest BCUT2D eigenvalue weighted by atomic mass is 16.5. The van der Waals surface area contributed by atoms with Gasteiger partial charge in [-0.2, -0.15) is 0 Å². The van der Waals surface area contributed by atoms with Crippen LogP contribution in [0, 0.1) is 12.8 Å². The number of methoxy groups -OCH3 is 1. The first-order chi connectivity index (χ1) is 10.9. The van der Waals surface area contributed by atoms with E-state index >= 15 is 0 Å². The fourth-order valence-corrected chi connectivity index (χ4v) is 2.19. The van der Waals surface area contributed by atoms with Crippen LogP contribution in [-0.2, 0) is 4.79 Å². The average Bonchev–Trinajstić information content (AvgIpc) is 2.87. The van der Waals surface area contributed by atoms with E-state index in [1.54, 1.807) is 19.2 Å². The van der Waals surface area contributed by atoms with E-state index in [1.165, 1.54) is 0 Å². The van der Waals surface area contributed by atoms with E-state index in [4.69, 9.17) is 9.15 Å². The first kappa shape index (κ1) is 16.9. The molecular formula is C17H22N2O4. The largest absolute Gasteiger partial charge is 0.497 e. The molecule has 1 heterocycles. The zero-order chi connectivity index (χ0) is 17.0. The van der Waals surface area contributed by atoms with Gasteiger partial charge in [-0.05, 0) is 25.1 Å². The molecule has 0 spiro atoms. The molecule has 0 saturated heterocycles. The molecule has 2 amide bonds. The second-order valence-electron chi connectivity index (χ2n) is 5.62. The maximum atomic E-state index is 12.2. The van der Waals surface area contributed by atoms with Crippen LogP contribution in [0.4, 0.5) is 0 Å². The van der Waals surface area contributed by atoms with E-state index in [0.29, 0.717) is 24.4 Å². The van der Waals surface area contributed by atoms with Gasteiger partial charge in [0, 0.05) is 30.0 Å². The van der Waals surface area contributed by atoms with E-state index < -0.39 is 0 Å². The molecule has 0 saturated carbocycles. The molecular weight excluding hydrogens is 296 g/mol. The summed E-state index contributed by atoms with van der Waals surface area (Å²) < 4.78 is 10.8. The fourth-order valence-electron chi connectivity index (χ4n) is 2.19. The van der Waals surface area contributed by atoms with Crippen LogP contribution in [0.1, 0.15) is 30.0 Å². The van der Waals surface area contributed by atoms with Gasteiger partial charge >= 0.3 is 0 Å². The van der Waals surface area contributed by atoms with Crippen molar-refractivity contribution in [1.29, 1.82) is 0 Å². The van der Waals surface area contributed by atoms with Gasteiger partial charge in [0.1, 0.15) is 11.3 Å². The van der Waals surface area contributed by atoms with E-state index in [9.17, 15) is 9.59 Å². The highest BCUT2D eigenvalue weighted by molar-refractivity contribution is 5.99. The number of nitrogens with one attached hydrogen (secondary N) is 2. The fraction of sp³-hybridized carbons (Fsp3) is 0.412. The molecule has 0 atom stereocenters.